The number of halogens is 3. The number of amides is 2. The van der Waals surface area contributed by atoms with E-state index in [1.807, 2.05) is 20.8 Å². The number of aliphatic hydroxyl groups is 1. The fourth-order valence-corrected chi connectivity index (χ4v) is 2.75. The molecule has 0 aliphatic carbocycles. The molecule has 2 amide bonds. The Morgan fingerprint density at radius 3 is 2.48 bits per heavy atom. The molecule has 0 saturated heterocycles. The van der Waals surface area contributed by atoms with Crippen molar-refractivity contribution in [2.45, 2.75) is 52.1 Å². The molecule has 0 radical (unpaired) electrons. The standard InChI is InChI=1S/C20H31F3N4O4/c1-4-5-17(28)16(10-25-9-12(2)3)27-18(29)11-26-19(30)14-8-13(6-7-15(14)24)31-20(21,22)23/h6-8,12,16-17,25,28H,4-5,9-11,24H2,1-3H3,(H,26,30)(H,27,29)/t16-,17-/m0/s1. The molecule has 0 fully saturated rings. The number of carbonyl (C=O) groups excluding carboxylic acids is 2. The van der Waals surface area contributed by atoms with Crippen molar-refractivity contribution in [1.29, 1.82) is 0 Å². The highest BCUT2D eigenvalue weighted by Gasteiger charge is 2.31. The molecule has 11 heteroatoms. The van der Waals surface area contributed by atoms with Gasteiger partial charge in [0.25, 0.3) is 5.91 Å². The molecule has 0 heterocycles. The number of alkyl halides is 3. The third-order valence-corrected chi connectivity index (χ3v) is 4.22. The van der Waals surface area contributed by atoms with Crippen LogP contribution in [0.1, 0.15) is 44.0 Å². The molecule has 0 bridgehead atoms. The Morgan fingerprint density at radius 2 is 1.90 bits per heavy atom. The van der Waals surface area contributed by atoms with Crippen molar-refractivity contribution in [2.75, 3.05) is 25.4 Å². The highest BCUT2D eigenvalue weighted by atomic mass is 19.4. The average Bonchev–Trinajstić information content (AvgIpc) is 2.65. The molecule has 0 aliphatic rings. The topological polar surface area (TPSA) is 126 Å². The highest BCUT2D eigenvalue weighted by molar-refractivity contribution is 6.01. The molecule has 31 heavy (non-hydrogen) atoms. The monoisotopic (exact) mass is 448 g/mol. The highest BCUT2D eigenvalue weighted by Crippen LogP contribution is 2.26. The second-order valence-electron chi connectivity index (χ2n) is 7.56. The van der Waals surface area contributed by atoms with Crippen LogP contribution >= 0.6 is 0 Å². The number of hydrogen-bond donors (Lipinski definition) is 5. The Hall–Kier alpha value is -2.53. The summed E-state index contributed by atoms with van der Waals surface area (Å²) in [7, 11) is 0. The van der Waals surface area contributed by atoms with Crippen LogP contribution in [0.4, 0.5) is 18.9 Å². The lowest BCUT2D eigenvalue weighted by Gasteiger charge is -2.25. The largest absolute Gasteiger partial charge is 0.573 e. The van der Waals surface area contributed by atoms with Gasteiger partial charge in [-0.3, -0.25) is 9.59 Å². The molecule has 0 saturated carbocycles. The van der Waals surface area contributed by atoms with E-state index in [9.17, 15) is 27.9 Å². The van der Waals surface area contributed by atoms with E-state index in [2.05, 4.69) is 20.7 Å². The maximum atomic E-state index is 12.4. The van der Waals surface area contributed by atoms with Gasteiger partial charge in [-0.2, -0.15) is 0 Å². The first-order chi connectivity index (χ1) is 14.4. The molecular weight excluding hydrogens is 417 g/mol. The molecule has 2 atom stereocenters. The van der Waals surface area contributed by atoms with Gasteiger partial charge in [-0.05, 0) is 37.1 Å². The predicted molar refractivity (Wildman–Crippen MR) is 110 cm³/mol. The Morgan fingerprint density at radius 1 is 1.23 bits per heavy atom. The second kappa shape index (κ2) is 12.4. The SMILES string of the molecule is CCC[C@H](O)[C@H](CNCC(C)C)NC(=O)CNC(=O)c1cc(OC(F)(F)F)ccc1N. The number of benzene rings is 1. The Labute approximate surface area is 179 Å². The molecule has 0 aliphatic heterocycles. The smallest absolute Gasteiger partial charge is 0.406 e. The van der Waals surface area contributed by atoms with E-state index in [0.29, 0.717) is 25.4 Å². The van der Waals surface area contributed by atoms with Gasteiger partial charge in [0.2, 0.25) is 5.91 Å². The summed E-state index contributed by atoms with van der Waals surface area (Å²) < 4.78 is 40.9. The minimum Gasteiger partial charge on any atom is -0.406 e. The summed E-state index contributed by atoms with van der Waals surface area (Å²) in [4.78, 5) is 24.6. The van der Waals surface area contributed by atoms with Gasteiger partial charge in [-0.25, -0.2) is 0 Å². The normalized spacial score (nSPS) is 13.5. The van der Waals surface area contributed by atoms with Crippen LogP contribution in [0.2, 0.25) is 0 Å². The molecular formula is C20H31F3N4O4. The van der Waals surface area contributed by atoms with Crippen molar-refractivity contribution in [1.82, 2.24) is 16.0 Å². The van der Waals surface area contributed by atoms with Crippen LogP contribution in [0, 0.1) is 5.92 Å². The van der Waals surface area contributed by atoms with E-state index in [-0.39, 0.29) is 11.3 Å². The Balaban J connectivity index is 2.70. The van der Waals surface area contributed by atoms with E-state index in [0.717, 1.165) is 24.6 Å². The molecule has 1 aromatic rings. The van der Waals surface area contributed by atoms with E-state index < -0.39 is 42.6 Å². The molecule has 176 valence electrons. The predicted octanol–water partition coefficient (Wildman–Crippen LogP) is 1.79. The van der Waals surface area contributed by atoms with Gasteiger partial charge >= 0.3 is 6.36 Å². The zero-order valence-corrected chi connectivity index (χ0v) is 17.9. The molecule has 8 nitrogen and oxygen atoms in total. The van der Waals surface area contributed by atoms with Gasteiger partial charge in [-0.1, -0.05) is 27.2 Å². The number of ether oxygens (including phenoxy) is 1. The first kappa shape index (κ1) is 26.5. The molecule has 0 spiro atoms. The maximum absolute atomic E-state index is 12.4. The lowest BCUT2D eigenvalue weighted by Crippen LogP contribution is -2.52. The lowest BCUT2D eigenvalue weighted by molar-refractivity contribution is -0.274. The number of hydrogen-bond acceptors (Lipinski definition) is 6. The number of rotatable bonds is 12. The Kier molecular flexibility index (Phi) is 10.6. The van der Waals surface area contributed by atoms with E-state index in [1.54, 1.807) is 0 Å². The summed E-state index contributed by atoms with van der Waals surface area (Å²) in [6.07, 6.45) is -4.47. The van der Waals surface area contributed by atoms with Gasteiger partial charge in [0.05, 0.1) is 24.3 Å². The van der Waals surface area contributed by atoms with Gasteiger partial charge < -0.3 is 31.5 Å². The quantitative estimate of drug-likeness (QED) is 0.311. The van der Waals surface area contributed by atoms with Crippen molar-refractivity contribution in [3.63, 3.8) is 0 Å². The van der Waals surface area contributed by atoms with Crippen molar-refractivity contribution < 1.29 is 32.6 Å². The molecule has 1 rings (SSSR count). The van der Waals surface area contributed by atoms with Crippen molar-refractivity contribution in [2.24, 2.45) is 5.92 Å². The van der Waals surface area contributed by atoms with Crippen LogP contribution in [0.25, 0.3) is 0 Å². The summed E-state index contributed by atoms with van der Waals surface area (Å²) in [6.45, 7) is 6.57. The second-order valence-corrected chi connectivity index (χ2v) is 7.56. The summed E-state index contributed by atoms with van der Waals surface area (Å²) in [5.41, 5.74) is 5.33. The van der Waals surface area contributed by atoms with Gasteiger partial charge in [-0.15, -0.1) is 13.2 Å². The number of nitrogens with one attached hydrogen (secondary N) is 3. The third-order valence-electron chi connectivity index (χ3n) is 4.22. The van der Waals surface area contributed by atoms with Crippen LogP contribution in [0.3, 0.4) is 0 Å². The zero-order valence-electron chi connectivity index (χ0n) is 17.9. The molecule has 1 aromatic carbocycles. The summed E-state index contributed by atoms with van der Waals surface area (Å²) >= 11 is 0. The van der Waals surface area contributed by atoms with Gasteiger partial charge in [0, 0.05) is 12.2 Å². The number of nitrogens with two attached hydrogens (primary N) is 1. The minimum atomic E-state index is -4.91. The number of carbonyl (C=O) groups is 2. The third kappa shape index (κ3) is 10.4. The molecule has 0 unspecified atom stereocenters. The van der Waals surface area contributed by atoms with Crippen LogP contribution in [0.5, 0.6) is 5.75 Å². The maximum Gasteiger partial charge on any atom is 0.573 e. The fourth-order valence-electron chi connectivity index (χ4n) is 2.75. The van der Waals surface area contributed by atoms with E-state index >= 15 is 0 Å². The van der Waals surface area contributed by atoms with Gasteiger partial charge in [0.15, 0.2) is 0 Å². The Bertz CT molecular complexity index is 729. The van der Waals surface area contributed by atoms with Crippen LogP contribution in [-0.4, -0.2) is 55.1 Å². The van der Waals surface area contributed by atoms with E-state index in [4.69, 9.17) is 5.73 Å². The van der Waals surface area contributed by atoms with Crippen molar-refractivity contribution in [3.05, 3.63) is 23.8 Å². The zero-order chi connectivity index (χ0) is 23.6. The first-order valence-corrected chi connectivity index (χ1v) is 10.0. The van der Waals surface area contributed by atoms with Crippen LogP contribution < -0.4 is 26.4 Å². The number of anilines is 1. The number of nitrogen functional groups attached to an aromatic ring is 1. The summed E-state index contributed by atoms with van der Waals surface area (Å²) in [6, 6.07) is 2.38. The number of aliphatic hydroxyl groups excluding tert-OH is 1. The van der Waals surface area contributed by atoms with Gasteiger partial charge in [0.1, 0.15) is 5.75 Å². The van der Waals surface area contributed by atoms with E-state index in [1.165, 1.54) is 0 Å². The van der Waals surface area contributed by atoms with Crippen LogP contribution in [0.15, 0.2) is 18.2 Å². The summed E-state index contributed by atoms with van der Waals surface area (Å²) in [5, 5.41) is 18.4. The summed E-state index contributed by atoms with van der Waals surface area (Å²) in [5.74, 6) is -1.60. The molecule has 0 aromatic heterocycles. The first-order valence-electron chi connectivity index (χ1n) is 10.0. The molecule has 6 N–H and O–H groups in total. The van der Waals surface area contributed by atoms with Crippen molar-refractivity contribution >= 4 is 17.5 Å². The lowest BCUT2D eigenvalue weighted by atomic mass is 10.1. The minimum absolute atomic E-state index is 0.0680. The average molecular weight is 448 g/mol. The van der Waals surface area contributed by atoms with Crippen LogP contribution in [-0.2, 0) is 4.79 Å². The fraction of sp³-hybridized carbons (Fsp3) is 0.600. The van der Waals surface area contributed by atoms with Crippen molar-refractivity contribution in [3.8, 4) is 5.75 Å².